The third-order valence-corrected chi connectivity index (χ3v) is 3.10. The van der Waals surface area contributed by atoms with Gasteiger partial charge in [-0.2, -0.15) is 5.26 Å². The quantitative estimate of drug-likeness (QED) is 0.638. The lowest BCUT2D eigenvalue weighted by Crippen LogP contribution is -2.18. The number of nitriles is 1. The fourth-order valence-electron chi connectivity index (χ4n) is 1.81. The highest BCUT2D eigenvalue weighted by Gasteiger charge is 2.08. The Hall–Kier alpha value is -2.80. The first-order valence-corrected chi connectivity index (χ1v) is 6.50. The van der Waals surface area contributed by atoms with Crippen molar-refractivity contribution in [3.05, 3.63) is 59.2 Å². The van der Waals surface area contributed by atoms with Crippen molar-refractivity contribution in [2.75, 3.05) is 6.61 Å². The normalized spacial score (nSPS) is 9.76. The van der Waals surface area contributed by atoms with Gasteiger partial charge in [0, 0.05) is 0 Å². The van der Waals surface area contributed by atoms with Gasteiger partial charge < -0.3 is 9.47 Å². The molecule has 0 spiro atoms. The lowest BCUT2D eigenvalue weighted by atomic mass is 10.1. The predicted octanol–water partition coefficient (Wildman–Crippen LogP) is 3.16. The molecule has 2 aromatic carbocycles. The maximum absolute atomic E-state index is 11.8. The summed E-state index contributed by atoms with van der Waals surface area (Å²) < 4.78 is 10.6. The van der Waals surface area contributed by atoms with Crippen LogP contribution in [0.25, 0.3) is 0 Å². The Morgan fingerprint density at radius 2 is 1.95 bits per heavy atom. The van der Waals surface area contributed by atoms with Gasteiger partial charge in [0.2, 0.25) is 0 Å². The van der Waals surface area contributed by atoms with Crippen molar-refractivity contribution in [1.29, 1.82) is 5.26 Å². The molecule has 0 saturated heterocycles. The summed E-state index contributed by atoms with van der Waals surface area (Å²) >= 11 is 0. The molecule has 0 aliphatic heterocycles. The zero-order valence-electron chi connectivity index (χ0n) is 11.9. The van der Waals surface area contributed by atoms with Gasteiger partial charge in [-0.1, -0.05) is 18.2 Å². The lowest BCUT2D eigenvalue weighted by molar-refractivity contribution is -0.136. The summed E-state index contributed by atoms with van der Waals surface area (Å²) in [7, 11) is 0. The van der Waals surface area contributed by atoms with Gasteiger partial charge in [0.05, 0.1) is 11.6 Å². The van der Waals surface area contributed by atoms with Gasteiger partial charge in [0.1, 0.15) is 11.5 Å². The van der Waals surface area contributed by atoms with Crippen LogP contribution >= 0.6 is 0 Å². The zero-order valence-corrected chi connectivity index (χ0v) is 11.9. The molecule has 106 valence electrons. The number of esters is 1. The molecular formula is C17H15NO3. The maximum Gasteiger partial charge on any atom is 0.349 e. The number of ether oxygens (including phenoxy) is 2. The zero-order chi connectivity index (χ0) is 15.2. The minimum absolute atomic E-state index is 0.179. The van der Waals surface area contributed by atoms with Gasteiger partial charge in [-0.05, 0) is 49.2 Å². The van der Waals surface area contributed by atoms with Crippen LogP contribution in [0.3, 0.4) is 0 Å². The second-order valence-corrected chi connectivity index (χ2v) is 4.60. The van der Waals surface area contributed by atoms with Crippen molar-refractivity contribution in [2.24, 2.45) is 0 Å². The van der Waals surface area contributed by atoms with E-state index in [1.54, 1.807) is 18.2 Å². The lowest BCUT2D eigenvalue weighted by Gasteiger charge is -2.10. The van der Waals surface area contributed by atoms with Crippen molar-refractivity contribution >= 4 is 5.97 Å². The molecule has 0 saturated carbocycles. The molecule has 0 bridgehead atoms. The Kier molecular flexibility index (Phi) is 4.57. The van der Waals surface area contributed by atoms with Crippen LogP contribution in [0.5, 0.6) is 11.5 Å². The Bertz CT molecular complexity index is 701. The summed E-state index contributed by atoms with van der Waals surface area (Å²) in [5, 5.41) is 8.79. The summed E-state index contributed by atoms with van der Waals surface area (Å²) in [4.78, 5) is 11.8. The third kappa shape index (κ3) is 3.83. The molecule has 2 aromatic rings. The highest BCUT2D eigenvalue weighted by Crippen LogP contribution is 2.20. The van der Waals surface area contributed by atoms with E-state index in [9.17, 15) is 4.79 Å². The third-order valence-electron chi connectivity index (χ3n) is 3.10. The van der Waals surface area contributed by atoms with Crippen molar-refractivity contribution in [2.45, 2.75) is 13.8 Å². The number of rotatable bonds is 4. The van der Waals surface area contributed by atoms with E-state index < -0.39 is 5.97 Å². The SMILES string of the molecule is Cc1cccc(OCC(=O)Oc2cccc(C#N)c2)c1C. The molecule has 0 N–H and O–H groups in total. The van der Waals surface area contributed by atoms with Gasteiger partial charge in [-0.25, -0.2) is 4.79 Å². The molecule has 4 heteroatoms. The molecule has 0 aliphatic rings. The molecule has 0 radical (unpaired) electrons. The number of aryl methyl sites for hydroxylation is 1. The molecular weight excluding hydrogens is 266 g/mol. The monoisotopic (exact) mass is 281 g/mol. The van der Waals surface area contributed by atoms with Gasteiger partial charge in [0.25, 0.3) is 0 Å². The largest absolute Gasteiger partial charge is 0.482 e. The summed E-state index contributed by atoms with van der Waals surface area (Å²) in [6, 6.07) is 14.1. The van der Waals surface area contributed by atoms with E-state index in [4.69, 9.17) is 14.7 Å². The summed E-state index contributed by atoms with van der Waals surface area (Å²) in [6.45, 7) is 3.74. The number of carbonyl (C=O) groups excluding carboxylic acids is 1. The maximum atomic E-state index is 11.8. The summed E-state index contributed by atoms with van der Waals surface area (Å²) in [5.74, 6) is 0.493. The first-order valence-electron chi connectivity index (χ1n) is 6.50. The van der Waals surface area contributed by atoms with E-state index in [1.165, 1.54) is 6.07 Å². The molecule has 4 nitrogen and oxygen atoms in total. The average Bonchev–Trinajstić information content (AvgIpc) is 2.49. The number of benzene rings is 2. The van der Waals surface area contributed by atoms with Crippen LogP contribution in [-0.4, -0.2) is 12.6 Å². The Labute approximate surface area is 123 Å². The van der Waals surface area contributed by atoms with Gasteiger partial charge in [-0.15, -0.1) is 0 Å². The first kappa shape index (κ1) is 14.6. The molecule has 0 heterocycles. The Balaban J connectivity index is 1.96. The second-order valence-electron chi connectivity index (χ2n) is 4.60. The van der Waals surface area contributed by atoms with Gasteiger partial charge >= 0.3 is 5.97 Å². The molecule has 2 rings (SSSR count). The van der Waals surface area contributed by atoms with Crippen molar-refractivity contribution in [1.82, 2.24) is 0 Å². The predicted molar refractivity (Wildman–Crippen MR) is 78.2 cm³/mol. The molecule has 0 atom stereocenters. The smallest absolute Gasteiger partial charge is 0.349 e. The van der Waals surface area contributed by atoms with E-state index in [2.05, 4.69) is 0 Å². The van der Waals surface area contributed by atoms with E-state index >= 15 is 0 Å². The highest BCUT2D eigenvalue weighted by molar-refractivity contribution is 5.74. The number of hydrogen-bond acceptors (Lipinski definition) is 4. The van der Waals surface area contributed by atoms with Crippen LogP contribution in [0.1, 0.15) is 16.7 Å². The van der Waals surface area contributed by atoms with Crippen molar-refractivity contribution in [3.8, 4) is 17.6 Å². The molecule has 0 unspecified atom stereocenters. The van der Waals surface area contributed by atoms with Crippen LogP contribution in [0.4, 0.5) is 0 Å². The van der Waals surface area contributed by atoms with Crippen LogP contribution in [0, 0.1) is 25.2 Å². The topological polar surface area (TPSA) is 59.3 Å². The minimum Gasteiger partial charge on any atom is -0.482 e. The minimum atomic E-state index is -0.508. The van der Waals surface area contributed by atoms with Gasteiger partial charge in [0.15, 0.2) is 6.61 Å². The second kappa shape index (κ2) is 6.58. The van der Waals surface area contributed by atoms with E-state index in [0.29, 0.717) is 17.1 Å². The van der Waals surface area contributed by atoms with Crippen LogP contribution in [0.2, 0.25) is 0 Å². The number of nitrogens with zero attached hydrogens (tertiary/aromatic N) is 1. The molecule has 0 aromatic heterocycles. The average molecular weight is 281 g/mol. The summed E-state index contributed by atoms with van der Waals surface area (Å²) in [5.41, 5.74) is 2.54. The van der Waals surface area contributed by atoms with Crippen molar-refractivity contribution in [3.63, 3.8) is 0 Å². The standard InChI is InChI=1S/C17H15NO3/c1-12-5-3-8-16(13(12)2)20-11-17(19)21-15-7-4-6-14(9-15)10-18/h3-9H,11H2,1-2H3. The highest BCUT2D eigenvalue weighted by atomic mass is 16.6. The van der Waals surface area contributed by atoms with E-state index in [1.807, 2.05) is 38.1 Å². The number of hydrogen-bond donors (Lipinski definition) is 0. The fourth-order valence-corrected chi connectivity index (χ4v) is 1.81. The van der Waals surface area contributed by atoms with Crippen LogP contribution in [-0.2, 0) is 4.79 Å². The molecule has 21 heavy (non-hydrogen) atoms. The van der Waals surface area contributed by atoms with Crippen LogP contribution < -0.4 is 9.47 Å². The molecule has 0 fully saturated rings. The van der Waals surface area contributed by atoms with Gasteiger partial charge in [-0.3, -0.25) is 0 Å². The first-order chi connectivity index (χ1) is 10.1. The van der Waals surface area contributed by atoms with Crippen LogP contribution in [0.15, 0.2) is 42.5 Å². The molecule has 0 aliphatic carbocycles. The Morgan fingerprint density at radius 3 is 2.71 bits per heavy atom. The number of carbonyl (C=O) groups is 1. The summed E-state index contributed by atoms with van der Waals surface area (Å²) in [6.07, 6.45) is 0. The Morgan fingerprint density at radius 1 is 1.19 bits per heavy atom. The van der Waals surface area contributed by atoms with E-state index in [0.717, 1.165) is 11.1 Å². The van der Waals surface area contributed by atoms with E-state index in [-0.39, 0.29) is 6.61 Å². The van der Waals surface area contributed by atoms with Crippen molar-refractivity contribution < 1.29 is 14.3 Å². The fraction of sp³-hybridized carbons (Fsp3) is 0.176. The molecule has 0 amide bonds.